The van der Waals surface area contributed by atoms with Gasteiger partial charge in [-0.2, -0.15) is 0 Å². The molecule has 0 aromatic heterocycles. The van der Waals surface area contributed by atoms with Crippen molar-refractivity contribution in [3.8, 4) is 23.0 Å². The van der Waals surface area contributed by atoms with E-state index in [9.17, 15) is 4.79 Å². The second-order valence-electron chi connectivity index (χ2n) is 5.82. The van der Waals surface area contributed by atoms with E-state index in [1.54, 1.807) is 27.4 Å². The molecule has 2 aromatic rings. The Kier molecular flexibility index (Phi) is 9.98. The average Bonchev–Trinajstić information content (AvgIpc) is 2.69. The van der Waals surface area contributed by atoms with E-state index in [1.165, 1.54) is 0 Å². The fraction of sp³-hybridized carbons (Fsp3) is 0.350. The number of halogens is 1. The molecule has 0 heterocycles. The van der Waals surface area contributed by atoms with Crippen molar-refractivity contribution < 1.29 is 23.7 Å². The maximum Gasteiger partial charge on any atom is 0.255 e. The van der Waals surface area contributed by atoms with Crippen molar-refractivity contribution in [1.29, 1.82) is 0 Å². The van der Waals surface area contributed by atoms with Crippen molar-refractivity contribution in [1.82, 2.24) is 5.32 Å². The number of primary amides is 1. The number of rotatable bonds is 11. The lowest BCUT2D eigenvalue weighted by molar-refractivity contribution is -0.119. The van der Waals surface area contributed by atoms with E-state index in [4.69, 9.17) is 24.7 Å². The van der Waals surface area contributed by atoms with Crippen LogP contribution in [0.4, 0.5) is 0 Å². The first kappa shape index (κ1) is 23.4. The normalized spacial score (nSPS) is 9.96. The number of benzene rings is 2. The molecule has 0 aliphatic carbocycles. The fourth-order valence-electron chi connectivity index (χ4n) is 2.66. The Balaban J connectivity index is 0.00000392. The summed E-state index contributed by atoms with van der Waals surface area (Å²) in [5, 5.41) is 3.37. The number of ether oxygens (including phenoxy) is 4. The van der Waals surface area contributed by atoms with Gasteiger partial charge in [0.05, 0.1) is 21.3 Å². The largest absolute Gasteiger partial charge is 0.493 e. The third-order valence-electron chi connectivity index (χ3n) is 3.99. The molecule has 2 aromatic carbocycles. The Morgan fingerprint density at radius 3 is 2.36 bits per heavy atom. The molecular formula is C20H27ClN2O5. The van der Waals surface area contributed by atoms with Gasteiger partial charge in [0.2, 0.25) is 0 Å². The quantitative estimate of drug-likeness (QED) is 0.552. The highest BCUT2D eigenvalue weighted by molar-refractivity contribution is 5.85. The number of nitrogens with one attached hydrogen (secondary N) is 1. The van der Waals surface area contributed by atoms with Gasteiger partial charge < -0.3 is 30.0 Å². The predicted octanol–water partition coefficient (Wildman–Crippen LogP) is 2.33. The third kappa shape index (κ3) is 6.51. The van der Waals surface area contributed by atoms with Crippen LogP contribution < -0.4 is 30.0 Å². The standard InChI is InChI=1S/C20H26N2O5.ClH/c1-24-16-8-7-14(11-18(16)26-3)9-10-22-12-15-5-4-6-17(25-2)20(15)27-13-19(21)23;/h4-8,11,22H,9-10,12-13H2,1-3H3,(H2,21,23);1H. The van der Waals surface area contributed by atoms with Crippen LogP contribution in [-0.2, 0) is 17.8 Å². The van der Waals surface area contributed by atoms with Crippen LogP contribution in [0.3, 0.4) is 0 Å². The molecular weight excluding hydrogens is 384 g/mol. The Labute approximate surface area is 171 Å². The van der Waals surface area contributed by atoms with Crippen LogP contribution in [0.1, 0.15) is 11.1 Å². The van der Waals surface area contributed by atoms with Crippen LogP contribution in [0.25, 0.3) is 0 Å². The van der Waals surface area contributed by atoms with Gasteiger partial charge in [0, 0.05) is 12.1 Å². The van der Waals surface area contributed by atoms with E-state index in [-0.39, 0.29) is 19.0 Å². The van der Waals surface area contributed by atoms with Gasteiger partial charge in [-0.05, 0) is 36.7 Å². The minimum absolute atomic E-state index is 0. The summed E-state index contributed by atoms with van der Waals surface area (Å²) in [6.45, 7) is 1.12. The molecule has 0 saturated carbocycles. The highest BCUT2D eigenvalue weighted by Crippen LogP contribution is 2.31. The summed E-state index contributed by atoms with van der Waals surface area (Å²) in [7, 11) is 4.79. The second-order valence-corrected chi connectivity index (χ2v) is 5.82. The topological polar surface area (TPSA) is 92.0 Å². The number of nitrogens with two attached hydrogens (primary N) is 1. The minimum atomic E-state index is -0.534. The summed E-state index contributed by atoms with van der Waals surface area (Å²) in [6, 6.07) is 11.4. The van der Waals surface area contributed by atoms with E-state index in [1.807, 2.05) is 30.3 Å². The Morgan fingerprint density at radius 1 is 1.00 bits per heavy atom. The van der Waals surface area contributed by atoms with Crippen molar-refractivity contribution in [3.63, 3.8) is 0 Å². The van der Waals surface area contributed by atoms with Crippen molar-refractivity contribution >= 4 is 18.3 Å². The molecule has 28 heavy (non-hydrogen) atoms. The highest BCUT2D eigenvalue weighted by atomic mass is 35.5. The number of para-hydroxylation sites is 1. The zero-order valence-electron chi connectivity index (χ0n) is 16.3. The molecule has 8 heteroatoms. The molecule has 0 atom stereocenters. The Bertz CT molecular complexity index is 770. The number of hydrogen-bond acceptors (Lipinski definition) is 6. The van der Waals surface area contributed by atoms with Gasteiger partial charge in [-0.15, -0.1) is 12.4 Å². The van der Waals surface area contributed by atoms with E-state index in [2.05, 4.69) is 5.32 Å². The van der Waals surface area contributed by atoms with Crippen LogP contribution in [0.5, 0.6) is 23.0 Å². The lowest BCUT2D eigenvalue weighted by Crippen LogP contribution is -2.22. The molecule has 2 rings (SSSR count). The molecule has 0 fully saturated rings. The van der Waals surface area contributed by atoms with E-state index >= 15 is 0 Å². The summed E-state index contributed by atoms with van der Waals surface area (Å²) in [4.78, 5) is 11.0. The van der Waals surface area contributed by atoms with Crippen molar-refractivity contribution in [2.45, 2.75) is 13.0 Å². The number of methoxy groups -OCH3 is 3. The fourth-order valence-corrected chi connectivity index (χ4v) is 2.66. The molecule has 7 nitrogen and oxygen atoms in total. The smallest absolute Gasteiger partial charge is 0.255 e. The molecule has 1 amide bonds. The zero-order chi connectivity index (χ0) is 19.6. The van der Waals surface area contributed by atoms with Gasteiger partial charge in [-0.1, -0.05) is 18.2 Å². The van der Waals surface area contributed by atoms with E-state index < -0.39 is 5.91 Å². The van der Waals surface area contributed by atoms with Gasteiger partial charge in [0.15, 0.2) is 29.6 Å². The summed E-state index contributed by atoms with van der Waals surface area (Å²) in [5.41, 5.74) is 7.20. The van der Waals surface area contributed by atoms with Crippen LogP contribution in [-0.4, -0.2) is 40.4 Å². The molecule has 0 spiro atoms. The average molecular weight is 411 g/mol. The molecule has 3 N–H and O–H groups in total. The van der Waals surface area contributed by atoms with Gasteiger partial charge in [0.1, 0.15) is 0 Å². The van der Waals surface area contributed by atoms with Crippen LogP contribution in [0.15, 0.2) is 36.4 Å². The summed E-state index contributed by atoms with van der Waals surface area (Å²) >= 11 is 0. The first-order chi connectivity index (χ1) is 13.1. The predicted molar refractivity (Wildman–Crippen MR) is 110 cm³/mol. The lowest BCUT2D eigenvalue weighted by Gasteiger charge is -2.15. The van der Waals surface area contributed by atoms with Gasteiger partial charge in [-0.25, -0.2) is 0 Å². The second kappa shape index (κ2) is 11.9. The van der Waals surface area contributed by atoms with E-state index in [0.29, 0.717) is 29.5 Å². The summed E-state index contributed by atoms with van der Waals surface area (Å²) in [5.74, 6) is 1.98. The Hall–Kier alpha value is -2.64. The molecule has 0 saturated heterocycles. The highest BCUT2D eigenvalue weighted by Gasteiger charge is 2.11. The van der Waals surface area contributed by atoms with Crippen LogP contribution in [0, 0.1) is 0 Å². The molecule has 0 bridgehead atoms. The molecule has 0 radical (unpaired) electrons. The van der Waals surface area contributed by atoms with Gasteiger partial charge in [-0.3, -0.25) is 4.79 Å². The molecule has 154 valence electrons. The van der Waals surface area contributed by atoms with E-state index in [0.717, 1.165) is 24.1 Å². The third-order valence-corrected chi connectivity index (χ3v) is 3.99. The van der Waals surface area contributed by atoms with Crippen molar-refractivity contribution in [2.24, 2.45) is 5.73 Å². The SMILES string of the molecule is COc1ccc(CCNCc2cccc(OC)c2OCC(N)=O)cc1OC.Cl. The summed E-state index contributed by atoms with van der Waals surface area (Å²) in [6.07, 6.45) is 0.821. The zero-order valence-corrected chi connectivity index (χ0v) is 17.1. The number of carbonyl (C=O) groups excluding carboxylic acids is 1. The van der Waals surface area contributed by atoms with Gasteiger partial charge >= 0.3 is 0 Å². The van der Waals surface area contributed by atoms with Crippen molar-refractivity contribution in [3.05, 3.63) is 47.5 Å². The number of amides is 1. The molecule has 0 aliphatic heterocycles. The Morgan fingerprint density at radius 2 is 1.71 bits per heavy atom. The minimum Gasteiger partial charge on any atom is -0.493 e. The molecule has 0 aliphatic rings. The molecule has 0 unspecified atom stereocenters. The summed E-state index contributed by atoms with van der Waals surface area (Å²) < 4.78 is 21.4. The monoisotopic (exact) mass is 410 g/mol. The maximum absolute atomic E-state index is 11.0. The van der Waals surface area contributed by atoms with Crippen LogP contribution >= 0.6 is 12.4 Å². The lowest BCUT2D eigenvalue weighted by atomic mass is 10.1. The number of hydrogen-bond donors (Lipinski definition) is 2. The van der Waals surface area contributed by atoms with Crippen LogP contribution in [0.2, 0.25) is 0 Å². The van der Waals surface area contributed by atoms with Gasteiger partial charge in [0.25, 0.3) is 5.91 Å². The number of carbonyl (C=O) groups is 1. The first-order valence-electron chi connectivity index (χ1n) is 8.57. The van der Waals surface area contributed by atoms with Crippen molar-refractivity contribution in [2.75, 3.05) is 34.5 Å². The maximum atomic E-state index is 11.0. The first-order valence-corrected chi connectivity index (χ1v) is 8.57.